The molecule has 0 saturated heterocycles. The van der Waals surface area contributed by atoms with E-state index in [1.807, 2.05) is 0 Å². The third-order valence-corrected chi connectivity index (χ3v) is 3.64. The highest BCUT2D eigenvalue weighted by Gasteiger charge is 2.14. The normalized spacial score (nSPS) is 10.1. The van der Waals surface area contributed by atoms with Crippen LogP contribution in [-0.4, -0.2) is 30.5 Å². The Hall–Kier alpha value is -3.13. The number of anilines is 1. The number of non-ortho nitro benzene ring substituents is 1. The summed E-state index contributed by atoms with van der Waals surface area (Å²) in [5.41, 5.74) is 0.623. The van der Waals surface area contributed by atoms with Crippen molar-refractivity contribution in [2.45, 2.75) is 6.42 Å². The molecule has 0 radical (unpaired) electrons. The van der Waals surface area contributed by atoms with E-state index in [4.69, 9.17) is 21.1 Å². The van der Waals surface area contributed by atoms with Crippen LogP contribution in [-0.2, 0) is 20.7 Å². The molecule has 26 heavy (non-hydrogen) atoms. The minimum Gasteiger partial charge on any atom is -0.496 e. The van der Waals surface area contributed by atoms with Gasteiger partial charge < -0.3 is 14.8 Å². The average molecular weight is 379 g/mol. The van der Waals surface area contributed by atoms with Crippen LogP contribution in [0.1, 0.15) is 5.56 Å². The molecule has 0 saturated carbocycles. The van der Waals surface area contributed by atoms with Gasteiger partial charge >= 0.3 is 5.97 Å². The minimum atomic E-state index is -0.617. The number of hydrogen-bond donors (Lipinski definition) is 1. The molecule has 2 aromatic rings. The number of amides is 1. The van der Waals surface area contributed by atoms with E-state index < -0.39 is 23.4 Å². The van der Waals surface area contributed by atoms with E-state index >= 15 is 0 Å². The molecule has 0 bridgehead atoms. The summed E-state index contributed by atoms with van der Waals surface area (Å²) in [5, 5.41) is 13.1. The largest absolute Gasteiger partial charge is 0.496 e. The number of nitrogens with zero attached hydrogens (tertiary/aromatic N) is 1. The molecule has 0 aliphatic rings. The van der Waals surface area contributed by atoms with Crippen LogP contribution in [0, 0.1) is 10.1 Å². The van der Waals surface area contributed by atoms with Gasteiger partial charge in [-0.15, -0.1) is 0 Å². The van der Waals surface area contributed by atoms with Gasteiger partial charge in [0.1, 0.15) is 5.75 Å². The lowest BCUT2D eigenvalue weighted by molar-refractivity contribution is -0.384. The maximum Gasteiger partial charge on any atom is 0.310 e. The summed E-state index contributed by atoms with van der Waals surface area (Å²) in [5.74, 6) is -0.667. The van der Waals surface area contributed by atoms with Crippen molar-refractivity contribution in [2.75, 3.05) is 19.0 Å². The van der Waals surface area contributed by atoms with Gasteiger partial charge in [-0.25, -0.2) is 0 Å². The van der Waals surface area contributed by atoms with Crippen LogP contribution in [0.2, 0.25) is 5.02 Å². The fourth-order valence-corrected chi connectivity index (χ4v) is 2.33. The van der Waals surface area contributed by atoms with Gasteiger partial charge in [0.15, 0.2) is 6.61 Å². The van der Waals surface area contributed by atoms with Crippen LogP contribution in [0.3, 0.4) is 0 Å². The van der Waals surface area contributed by atoms with Gasteiger partial charge in [0, 0.05) is 17.7 Å². The van der Waals surface area contributed by atoms with Crippen molar-refractivity contribution in [3.8, 4) is 5.75 Å². The molecule has 8 nitrogen and oxygen atoms in total. The van der Waals surface area contributed by atoms with Crippen LogP contribution in [0.4, 0.5) is 11.4 Å². The fraction of sp³-hybridized carbons (Fsp3) is 0.176. The van der Waals surface area contributed by atoms with Crippen LogP contribution >= 0.6 is 11.6 Å². The molecule has 0 aliphatic carbocycles. The molecule has 2 rings (SSSR count). The van der Waals surface area contributed by atoms with Crippen LogP contribution < -0.4 is 10.1 Å². The van der Waals surface area contributed by atoms with Crippen molar-refractivity contribution in [3.63, 3.8) is 0 Å². The molecular weight excluding hydrogens is 364 g/mol. The zero-order chi connectivity index (χ0) is 19.1. The Balaban J connectivity index is 1.88. The number of ether oxygens (including phenoxy) is 2. The lowest BCUT2D eigenvalue weighted by Crippen LogP contribution is -2.21. The Morgan fingerprint density at radius 1 is 1.23 bits per heavy atom. The number of benzene rings is 2. The maximum atomic E-state index is 11.9. The Bertz CT molecular complexity index is 840. The highest BCUT2D eigenvalue weighted by molar-refractivity contribution is 6.34. The van der Waals surface area contributed by atoms with Crippen molar-refractivity contribution in [1.29, 1.82) is 0 Å². The second-order valence-electron chi connectivity index (χ2n) is 5.12. The molecule has 1 amide bonds. The summed E-state index contributed by atoms with van der Waals surface area (Å²) >= 11 is 5.88. The van der Waals surface area contributed by atoms with Gasteiger partial charge in [0.2, 0.25) is 0 Å². The van der Waals surface area contributed by atoms with E-state index in [0.29, 0.717) is 11.3 Å². The number of halogens is 1. The molecule has 0 unspecified atom stereocenters. The monoisotopic (exact) mass is 378 g/mol. The third kappa shape index (κ3) is 5.18. The molecule has 0 aliphatic heterocycles. The molecule has 2 aromatic carbocycles. The Kier molecular flexibility index (Phi) is 6.51. The first-order valence-corrected chi connectivity index (χ1v) is 7.80. The first-order chi connectivity index (χ1) is 12.4. The van der Waals surface area contributed by atoms with Crippen molar-refractivity contribution >= 4 is 34.9 Å². The van der Waals surface area contributed by atoms with Crippen LogP contribution in [0.25, 0.3) is 0 Å². The number of hydrogen-bond acceptors (Lipinski definition) is 6. The lowest BCUT2D eigenvalue weighted by Gasteiger charge is -2.09. The predicted molar refractivity (Wildman–Crippen MR) is 94.4 cm³/mol. The van der Waals surface area contributed by atoms with Gasteiger partial charge in [-0.3, -0.25) is 19.7 Å². The standard InChI is InChI=1S/C17H15ClN2O6/c1-25-15-5-3-2-4-11(15)8-17(22)26-10-16(21)19-14-7-6-12(20(23)24)9-13(14)18/h2-7,9H,8,10H2,1H3,(H,19,21). The first-order valence-electron chi connectivity index (χ1n) is 7.42. The van der Waals surface area contributed by atoms with E-state index in [2.05, 4.69) is 5.32 Å². The zero-order valence-corrected chi connectivity index (χ0v) is 14.5. The topological polar surface area (TPSA) is 108 Å². The van der Waals surface area contributed by atoms with Gasteiger partial charge in [-0.05, 0) is 12.1 Å². The van der Waals surface area contributed by atoms with Gasteiger partial charge in [-0.1, -0.05) is 29.8 Å². The Morgan fingerprint density at radius 3 is 2.62 bits per heavy atom. The Labute approximate surface area is 153 Å². The number of carbonyl (C=O) groups is 2. The summed E-state index contributed by atoms with van der Waals surface area (Å²) in [6, 6.07) is 10.6. The Morgan fingerprint density at radius 2 is 1.96 bits per heavy atom. The zero-order valence-electron chi connectivity index (χ0n) is 13.7. The molecule has 136 valence electrons. The van der Waals surface area contributed by atoms with E-state index in [1.54, 1.807) is 24.3 Å². The highest BCUT2D eigenvalue weighted by Crippen LogP contribution is 2.26. The SMILES string of the molecule is COc1ccccc1CC(=O)OCC(=O)Nc1ccc([N+](=O)[O-])cc1Cl. The lowest BCUT2D eigenvalue weighted by atomic mass is 10.1. The van der Waals surface area contributed by atoms with Crippen LogP contribution in [0.15, 0.2) is 42.5 Å². The maximum absolute atomic E-state index is 11.9. The van der Waals surface area contributed by atoms with E-state index in [-0.39, 0.29) is 22.8 Å². The van der Waals surface area contributed by atoms with Crippen molar-refractivity contribution < 1.29 is 24.0 Å². The summed E-state index contributed by atoms with van der Waals surface area (Å²) in [7, 11) is 1.49. The van der Waals surface area contributed by atoms with Crippen molar-refractivity contribution in [1.82, 2.24) is 0 Å². The molecule has 0 fully saturated rings. The number of nitro benzene ring substituents is 1. The second kappa shape index (κ2) is 8.82. The number of methoxy groups -OCH3 is 1. The number of rotatable bonds is 7. The minimum absolute atomic E-state index is 0.00731. The molecule has 0 spiro atoms. The predicted octanol–water partition coefficient (Wildman–Crippen LogP) is 2.98. The number of carbonyl (C=O) groups excluding carboxylic acids is 2. The third-order valence-electron chi connectivity index (χ3n) is 3.33. The summed E-state index contributed by atoms with van der Waals surface area (Å²) in [6.07, 6.45) is -0.0461. The molecule has 9 heteroatoms. The summed E-state index contributed by atoms with van der Waals surface area (Å²) in [6.45, 7) is -0.513. The molecule has 0 heterocycles. The van der Waals surface area contributed by atoms with Gasteiger partial charge in [-0.2, -0.15) is 0 Å². The van der Waals surface area contributed by atoms with E-state index in [1.165, 1.54) is 19.2 Å². The molecule has 1 N–H and O–H groups in total. The molecule has 0 atom stereocenters. The fourth-order valence-electron chi connectivity index (χ4n) is 2.11. The summed E-state index contributed by atoms with van der Waals surface area (Å²) in [4.78, 5) is 33.8. The van der Waals surface area contributed by atoms with Crippen molar-refractivity contribution in [3.05, 3.63) is 63.2 Å². The first kappa shape index (κ1) is 19.2. The number of nitrogens with one attached hydrogen (secondary N) is 1. The second-order valence-corrected chi connectivity index (χ2v) is 5.53. The smallest absolute Gasteiger partial charge is 0.310 e. The molecular formula is C17H15ClN2O6. The van der Waals surface area contributed by atoms with Crippen LogP contribution in [0.5, 0.6) is 5.75 Å². The number of para-hydroxylation sites is 1. The van der Waals surface area contributed by atoms with Crippen molar-refractivity contribution in [2.24, 2.45) is 0 Å². The molecule has 0 aromatic heterocycles. The van der Waals surface area contributed by atoms with Gasteiger partial charge in [0.25, 0.3) is 11.6 Å². The average Bonchev–Trinajstić information content (AvgIpc) is 2.62. The van der Waals surface area contributed by atoms with Gasteiger partial charge in [0.05, 0.1) is 29.2 Å². The highest BCUT2D eigenvalue weighted by atomic mass is 35.5. The van der Waals surface area contributed by atoms with E-state index in [9.17, 15) is 19.7 Å². The number of esters is 1. The van der Waals surface area contributed by atoms with E-state index in [0.717, 1.165) is 6.07 Å². The quantitative estimate of drug-likeness (QED) is 0.451. The number of nitro groups is 1. The summed E-state index contributed by atoms with van der Waals surface area (Å²) < 4.78 is 10.1.